The smallest absolute Gasteiger partial charge is 0.246 e. The molecule has 146 valence electrons. The molecule has 4 rings (SSSR count). The Bertz CT molecular complexity index is 1080. The summed E-state index contributed by atoms with van der Waals surface area (Å²) in [6.07, 6.45) is 3.29. The summed E-state index contributed by atoms with van der Waals surface area (Å²) in [4.78, 5) is 13.2. The molecule has 0 aliphatic carbocycles. The molecule has 8 nitrogen and oxygen atoms in total. The lowest BCUT2D eigenvalue weighted by molar-refractivity contribution is 0.241. The number of nitrogens with one attached hydrogen (secondary N) is 1. The van der Waals surface area contributed by atoms with Gasteiger partial charge in [0.15, 0.2) is 10.9 Å². The van der Waals surface area contributed by atoms with E-state index in [0.717, 1.165) is 0 Å². The molecule has 0 spiro atoms. The maximum Gasteiger partial charge on any atom is 0.246 e. The SMILES string of the molecule is CC(C)Oc1ccc(-c2csc(Nc3ncccc3S(=O)(=O)N3CC3)n2)nc1. The molecule has 0 bridgehead atoms. The molecule has 3 aromatic heterocycles. The predicted octanol–water partition coefficient (Wildman–Crippen LogP) is 3.14. The maximum atomic E-state index is 12.5. The average Bonchev–Trinajstić information content (AvgIpc) is 3.43. The zero-order valence-corrected chi connectivity index (χ0v) is 17.0. The van der Waals surface area contributed by atoms with Crippen molar-refractivity contribution in [2.24, 2.45) is 0 Å². The standard InChI is InChI=1S/C18H19N5O3S2/c1-12(2)26-13-5-6-14(20-10-13)15-11-27-18(21-15)22-17-16(4-3-7-19-17)28(24,25)23-8-9-23/h3-7,10-12H,8-9H2,1-2H3,(H,19,21,22). The van der Waals surface area contributed by atoms with Crippen molar-refractivity contribution in [1.82, 2.24) is 19.3 Å². The van der Waals surface area contributed by atoms with Crippen molar-refractivity contribution in [2.75, 3.05) is 18.4 Å². The van der Waals surface area contributed by atoms with Crippen molar-refractivity contribution in [2.45, 2.75) is 24.8 Å². The highest BCUT2D eigenvalue weighted by molar-refractivity contribution is 7.89. The zero-order chi connectivity index (χ0) is 19.7. The van der Waals surface area contributed by atoms with Gasteiger partial charge in [0.05, 0.1) is 18.0 Å². The van der Waals surface area contributed by atoms with E-state index < -0.39 is 10.0 Å². The second-order valence-electron chi connectivity index (χ2n) is 6.46. The van der Waals surface area contributed by atoms with Crippen molar-refractivity contribution in [1.29, 1.82) is 0 Å². The first-order valence-electron chi connectivity index (χ1n) is 8.74. The van der Waals surface area contributed by atoms with E-state index in [1.165, 1.54) is 15.6 Å². The van der Waals surface area contributed by atoms with E-state index in [1.807, 2.05) is 31.4 Å². The molecule has 28 heavy (non-hydrogen) atoms. The van der Waals surface area contributed by atoms with Gasteiger partial charge in [0.2, 0.25) is 10.0 Å². The lowest BCUT2D eigenvalue weighted by Crippen LogP contribution is -2.14. The Morgan fingerprint density at radius 3 is 2.68 bits per heavy atom. The fourth-order valence-electron chi connectivity index (χ4n) is 2.54. The number of hydrogen-bond donors (Lipinski definition) is 1. The summed E-state index contributed by atoms with van der Waals surface area (Å²) >= 11 is 1.36. The first kappa shape index (κ1) is 18.8. The van der Waals surface area contributed by atoms with Gasteiger partial charge in [-0.3, -0.25) is 4.98 Å². The third-order valence-corrected chi connectivity index (χ3v) is 6.58. The second kappa shape index (κ2) is 7.46. The Morgan fingerprint density at radius 1 is 1.18 bits per heavy atom. The van der Waals surface area contributed by atoms with Crippen LogP contribution in [0.3, 0.4) is 0 Å². The van der Waals surface area contributed by atoms with Crippen molar-refractivity contribution < 1.29 is 13.2 Å². The van der Waals surface area contributed by atoms with Gasteiger partial charge in [-0.1, -0.05) is 0 Å². The summed E-state index contributed by atoms with van der Waals surface area (Å²) in [5, 5.41) is 5.43. The second-order valence-corrected chi connectivity index (χ2v) is 9.23. The number of hydrogen-bond acceptors (Lipinski definition) is 8. The molecule has 0 radical (unpaired) electrons. The number of rotatable bonds is 7. The average molecular weight is 418 g/mol. The van der Waals surface area contributed by atoms with Crippen LogP contribution < -0.4 is 10.1 Å². The lowest BCUT2D eigenvalue weighted by atomic mass is 10.3. The molecular weight excluding hydrogens is 398 g/mol. The number of sulfonamides is 1. The predicted molar refractivity (Wildman–Crippen MR) is 107 cm³/mol. The third-order valence-electron chi connectivity index (χ3n) is 3.89. The van der Waals surface area contributed by atoms with Crippen LogP contribution in [0.25, 0.3) is 11.4 Å². The van der Waals surface area contributed by atoms with Crippen LogP contribution in [0.15, 0.2) is 46.9 Å². The summed E-state index contributed by atoms with van der Waals surface area (Å²) in [5.41, 5.74) is 1.40. The molecule has 1 aliphatic heterocycles. The number of pyridine rings is 2. The van der Waals surface area contributed by atoms with Crippen molar-refractivity contribution in [3.05, 3.63) is 42.0 Å². The molecule has 1 saturated heterocycles. The highest BCUT2D eigenvalue weighted by Gasteiger charge is 2.35. The fourth-order valence-corrected chi connectivity index (χ4v) is 4.68. The van der Waals surface area contributed by atoms with Gasteiger partial charge in [-0.05, 0) is 38.1 Å². The van der Waals surface area contributed by atoms with Gasteiger partial charge in [0.1, 0.15) is 16.3 Å². The Kier molecular flexibility index (Phi) is 5.00. The Morgan fingerprint density at radius 2 is 2.00 bits per heavy atom. The largest absolute Gasteiger partial charge is 0.489 e. The Balaban J connectivity index is 1.55. The van der Waals surface area contributed by atoms with Gasteiger partial charge in [-0.25, -0.2) is 18.4 Å². The summed E-state index contributed by atoms with van der Waals surface area (Å²) < 4.78 is 32.1. The van der Waals surface area contributed by atoms with E-state index in [4.69, 9.17) is 4.74 Å². The first-order chi connectivity index (χ1) is 13.4. The van der Waals surface area contributed by atoms with Gasteiger partial charge >= 0.3 is 0 Å². The van der Waals surface area contributed by atoms with E-state index in [2.05, 4.69) is 20.3 Å². The summed E-state index contributed by atoms with van der Waals surface area (Å²) in [6, 6.07) is 6.85. The molecule has 0 saturated carbocycles. The van der Waals surface area contributed by atoms with Crippen molar-refractivity contribution in [3.8, 4) is 17.1 Å². The molecule has 10 heteroatoms. The summed E-state index contributed by atoms with van der Waals surface area (Å²) in [6.45, 7) is 5.00. The number of aromatic nitrogens is 3. The molecule has 4 heterocycles. The highest BCUT2D eigenvalue weighted by Crippen LogP contribution is 2.31. The normalized spacial score (nSPS) is 14.2. The number of nitrogens with zero attached hydrogens (tertiary/aromatic N) is 4. The molecule has 0 unspecified atom stereocenters. The van der Waals surface area contributed by atoms with E-state index in [0.29, 0.717) is 35.4 Å². The molecular formula is C18H19N5O3S2. The van der Waals surface area contributed by atoms with Gasteiger partial charge in [-0.2, -0.15) is 4.31 Å². The molecule has 1 fully saturated rings. The van der Waals surface area contributed by atoms with Crippen molar-refractivity contribution in [3.63, 3.8) is 0 Å². The molecule has 1 N–H and O–H groups in total. The first-order valence-corrected chi connectivity index (χ1v) is 11.1. The van der Waals surface area contributed by atoms with E-state index in [-0.39, 0.29) is 16.8 Å². The fraction of sp³-hybridized carbons (Fsp3) is 0.278. The van der Waals surface area contributed by atoms with Crippen molar-refractivity contribution >= 4 is 32.3 Å². The minimum Gasteiger partial charge on any atom is -0.489 e. The number of thiazole rings is 1. The summed E-state index contributed by atoms with van der Waals surface area (Å²) in [7, 11) is -3.52. The van der Waals surface area contributed by atoms with Crippen LogP contribution >= 0.6 is 11.3 Å². The van der Waals surface area contributed by atoms with Crippen LogP contribution in [0.5, 0.6) is 5.75 Å². The number of anilines is 2. The Labute approximate surface area is 167 Å². The third kappa shape index (κ3) is 3.98. The Hall–Kier alpha value is -2.56. The molecule has 0 aromatic carbocycles. The minimum atomic E-state index is -3.52. The van der Waals surface area contributed by atoms with Crippen LogP contribution in [0.1, 0.15) is 13.8 Å². The maximum absolute atomic E-state index is 12.5. The quantitative estimate of drug-likeness (QED) is 0.590. The van der Waals surface area contributed by atoms with Gasteiger partial charge < -0.3 is 10.1 Å². The van der Waals surface area contributed by atoms with Crippen LogP contribution in [0, 0.1) is 0 Å². The van der Waals surface area contributed by atoms with Gasteiger partial charge in [-0.15, -0.1) is 11.3 Å². The number of ether oxygens (including phenoxy) is 1. The molecule has 3 aromatic rings. The highest BCUT2D eigenvalue weighted by atomic mass is 32.2. The molecule has 1 aliphatic rings. The lowest BCUT2D eigenvalue weighted by Gasteiger charge is -2.10. The van der Waals surface area contributed by atoms with E-state index in [9.17, 15) is 8.42 Å². The topological polar surface area (TPSA) is 97.1 Å². The van der Waals surface area contributed by atoms with Crippen LogP contribution in [0.4, 0.5) is 10.9 Å². The van der Waals surface area contributed by atoms with Gasteiger partial charge in [0, 0.05) is 24.7 Å². The molecule has 0 atom stereocenters. The summed E-state index contributed by atoms with van der Waals surface area (Å²) in [5.74, 6) is 0.967. The van der Waals surface area contributed by atoms with Crippen LogP contribution in [-0.2, 0) is 10.0 Å². The van der Waals surface area contributed by atoms with Gasteiger partial charge in [0.25, 0.3) is 0 Å². The monoisotopic (exact) mass is 417 g/mol. The van der Waals surface area contributed by atoms with Crippen LogP contribution in [0.2, 0.25) is 0 Å². The zero-order valence-electron chi connectivity index (χ0n) is 15.4. The minimum absolute atomic E-state index is 0.0820. The van der Waals surface area contributed by atoms with Crippen LogP contribution in [-0.4, -0.2) is 46.9 Å². The van der Waals surface area contributed by atoms with E-state index >= 15 is 0 Å². The molecule has 0 amide bonds. The van der Waals surface area contributed by atoms with E-state index in [1.54, 1.807) is 24.5 Å².